The molecule has 3 heterocycles. The van der Waals surface area contributed by atoms with Crippen LogP contribution >= 0.6 is 11.3 Å². The first-order valence-electron chi connectivity index (χ1n) is 7.33. The molecule has 1 N–H and O–H groups in total. The topological polar surface area (TPSA) is 62.4 Å². The van der Waals surface area contributed by atoms with Gasteiger partial charge in [0.2, 0.25) is 5.56 Å². The lowest BCUT2D eigenvalue weighted by Crippen LogP contribution is -2.37. The number of nitrogens with one attached hydrogen (secondary N) is 1. The summed E-state index contributed by atoms with van der Waals surface area (Å²) in [5, 5.41) is 4.03. The van der Waals surface area contributed by atoms with Gasteiger partial charge in [-0.1, -0.05) is 6.07 Å². The molecule has 0 spiro atoms. The van der Waals surface area contributed by atoms with Crippen molar-refractivity contribution >= 4 is 17.2 Å². The van der Waals surface area contributed by atoms with Crippen LogP contribution < -0.4 is 5.56 Å². The lowest BCUT2D eigenvalue weighted by atomic mass is 10.2. The number of rotatable bonds is 5. The minimum absolute atomic E-state index is 0.0815. The molecular formula is C16H18N2O3S. The summed E-state index contributed by atoms with van der Waals surface area (Å²) >= 11 is 1.61. The standard InChI is InChI=1S/C16H18N2O3S/c19-15-5-1-4-14(17-15)16(20)18(9-12-6-8-22-11-12)10-13-3-2-7-21-13/h1,4-6,8,11,13H,2-3,7,9-10H2,(H,17,19)/t13-/m1/s1. The zero-order valence-electron chi connectivity index (χ0n) is 12.2. The smallest absolute Gasteiger partial charge is 0.270 e. The summed E-state index contributed by atoms with van der Waals surface area (Å²) in [5.41, 5.74) is 1.15. The van der Waals surface area contributed by atoms with Crippen LogP contribution in [0.1, 0.15) is 28.9 Å². The van der Waals surface area contributed by atoms with Crippen LogP contribution in [0, 0.1) is 0 Å². The van der Waals surface area contributed by atoms with Crippen molar-refractivity contribution in [2.24, 2.45) is 0 Å². The van der Waals surface area contributed by atoms with Gasteiger partial charge in [0.25, 0.3) is 5.91 Å². The minimum Gasteiger partial charge on any atom is -0.376 e. The molecule has 0 radical (unpaired) electrons. The summed E-state index contributed by atoms with van der Waals surface area (Å²) in [5.74, 6) is -0.167. The zero-order chi connectivity index (χ0) is 15.4. The minimum atomic E-state index is -0.265. The van der Waals surface area contributed by atoms with Gasteiger partial charge in [0.15, 0.2) is 0 Å². The molecule has 5 nitrogen and oxygen atoms in total. The van der Waals surface area contributed by atoms with Crippen LogP contribution in [0.15, 0.2) is 39.8 Å². The Morgan fingerprint density at radius 1 is 1.41 bits per heavy atom. The van der Waals surface area contributed by atoms with Crippen molar-refractivity contribution in [1.82, 2.24) is 9.88 Å². The Labute approximate surface area is 132 Å². The van der Waals surface area contributed by atoms with Crippen LogP contribution in [0.4, 0.5) is 0 Å². The number of ether oxygens (including phenoxy) is 1. The van der Waals surface area contributed by atoms with Gasteiger partial charge < -0.3 is 14.6 Å². The Morgan fingerprint density at radius 2 is 2.32 bits per heavy atom. The van der Waals surface area contributed by atoms with E-state index in [0.717, 1.165) is 25.0 Å². The number of hydrogen-bond donors (Lipinski definition) is 1. The second-order valence-corrected chi connectivity index (χ2v) is 6.16. The first-order valence-corrected chi connectivity index (χ1v) is 8.28. The van der Waals surface area contributed by atoms with Gasteiger partial charge in [-0.25, -0.2) is 0 Å². The molecule has 1 atom stereocenters. The van der Waals surface area contributed by atoms with Crippen molar-refractivity contribution in [2.75, 3.05) is 13.2 Å². The average molecular weight is 318 g/mol. The predicted molar refractivity (Wildman–Crippen MR) is 85.1 cm³/mol. The van der Waals surface area contributed by atoms with Gasteiger partial charge in [0.1, 0.15) is 5.69 Å². The maximum atomic E-state index is 12.7. The third-order valence-corrected chi connectivity index (χ3v) is 4.42. The summed E-state index contributed by atoms with van der Waals surface area (Å²) in [6.45, 7) is 1.83. The van der Waals surface area contributed by atoms with E-state index in [0.29, 0.717) is 18.8 Å². The summed E-state index contributed by atoms with van der Waals surface area (Å²) in [7, 11) is 0. The molecule has 0 aliphatic carbocycles. The van der Waals surface area contributed by atoms with Crippen molar-refractivity contribution in [2.45, 2.75) is 25.5 Å². The number of hydrogen-bond acceptors (Lipinski definition) is 4. The van der Waals surface area contributed by atoms with Gasteiger partial charge in [-0.15, -0.1) is 0 Å². The SMILES string of the molecule is O=C(c1cccc(=O)[nH]1)N(Cc1ccsc1)C[C@H]1CCCO1. The van der Waals surface area contributed by atoms with Gasteiger partial charge in [-0.3, -0.25) is 9.59 Å². The second-order valence-electron chi connectivity index (χ2n) is 5.38. The number of pyridine rings is 1. The number of amides is 1. The predicted octanol–water partition coefficient (Wildman–Crippen LogP) is 2.26. The zero-order valence-corrected chi connectivity index (χ0v) is 13.0. The molecule has 1 aliphatic heterocycles. The van der Waals surface area contributed by atoms with E-state index in [2.05, 4.69) is 4.98 Å². The molecule has 2 aromatic rings. The molecule has 1 aliphatic rings. The molecule has 116 valence electrons. The summed E-state index contributed by atoms with van der Waals surface area (Å²) < 4.78 is 5.65. The highest BCUT2D eigenvalue weighted by atomic mass is 32.1. The lowest BCUT2D eigenvalue weighted by molar-refractivity contribution is 0.0503. The van der Waals surface area contributed by atoms with Crippen molar-refractivity contribution in [1.29, 1.82) is 0 Å². The average Bonchev–Trinajstić information content (AvgIpc) is 3.19. The number of aromatic amines is 1. The Bertz CT molecular complexity index is 675. The van der Waals surface area contributed by atoms with E-state index in [9.17, 15) is 9.59 Å². The van der Waals surface area contributed by atoms with Crippen molar-refractivity contribution in [3.8, 4) is 0 Å². The van der Waals surface area contributed by atoms with E-state index < -0.39 is 0 Å². The van der Waals surface area contributed by atoms with E-state index in [-0.39, 0.29) is 17.6 Å². The highest BCUT2D eigenvalue weighted by Gasteiger charge is 2.24. The first kappa shape index (κ1) is 15.0. The molecule has 3 rings (SSSR count). The molecule has 0 bridgehead atoms. The molecule has 6 heteroatoms. The molecule has 1 fully saturated rings. The highest BCUT2D eigenvalue weighted by Crippen LogP contribution is 2.17. The number of carbonyl (C=O) groups is 1. The van der Waals surface area contributed by atoms with Crippen LogP contribution in [0.2, 0.25) is 0 Å². The number of aromatic nitrogens is 1. The molecule has 22 heavy (non-hydrogen) atoms. The maximum Gasteiger partial charge on any atom is 0.270 e. The fraction of sp³-hybridized carbons (Fsp3) is 0.375. The molecule has 1 saturated heterocycles. The van der Waals surface area contributed by atoms with E-state index in [1.165, 1.54) is 6.07 Å². The third kappa shape index (κ3) is 3.64. The molecular weight excluding hydrogens is 300 g/mol. The van der Waals surface area contributed by atoms with Crippen LogP contribution in [0.3, 0.4) is 0 Å². The summed E-state index contributed by atoms with van der Waals surface area (Å²) in [6, 6.07) is 6.65. The van der Waals surface area contributed by atoms with Gasteiger partial charge >= 0.3 is 0 Å². The van der Waals surface area contributed by atoms with Crippen LogP contribution in [-0.2, 0) is 11.3 Å². The Morgan fingerprint density at radius 3 is 3.00 bits per heavy atom. The van der Waals surface area contributed by atoms with Crippen LogP contribution in [0.25, 0.3) is 0 Å². The number of thiophene rings is 1. The van der Waals surface area contributed by atoms with Gasteiger partial charge in [-0.05, 0) is 41.3 Å². The molecule has 0 saturated carbocycles. The fourth-order valence-electron chi connectivity index (χ4n) is 2.60. The highest BCUT2D eigenvalue weighted by molar-refractivity contribution is 7.07. The van der Waals surface area contributed by atoms with Crippen molar-refractivity contribution < 1.29 is 9.53 Å². The fourth-order valence-corrected chi connectivity index (χ4v) is 3.26. The van der Waals surface area contributed by atoms with Crippen molar-refractivity contribution in [3.05, 3.63) is 56.6 Å². The van der Waals surface area contributed by atoms with E-state index in [1.54, 1.807) is 28.4 Å². The van der Waals surface area contributed by atoms with E-state index in [4.69, 9.17) is 4.74 Å². The quantitative estimate of drug-likeness (QED) is 0.920. The van der Waals surface area contributed by atoms with Gasteiger partial charge in [0, 0.05) is 25.8 Å². The number of H-pyrrole nitrogens is 1. The maximum absolute atomic E-state index is 12.7. The Balaban J connectivity index is 1.79. The Hall–Kier alpha value is -1.92. The second kappa shape index (κ2) is 6.89. The largest absolute Gasteiger partial charge is 0.376 e. The molecule has 0 unspecified atom stereocenters. The van der Waals surface area contributed by atoms with E-state index in [1.807, 2.05) is 16.8 Å². The monoisotopic (exact) mass is 318 g/mol. The van der Waals surface area contributed by atoms with Crippen LogP contribution in [0.5, 0.6) is 0 Å². The Kier molecular flexibility index (Phi) is 4.70. The van der Waals surface area contributed by atoms with Crippen molar-refractivity contribution in [3.63, 3.8) is 0 Å². The van der Waals surface area contributed by atoms with Gasteiger partial charge in [-0.2, -0.15) is 11.3 Å². The first-order chi connectivity index (χ1) is 10.7. The van der Waals surface area contributed by atoms with Gasteiger partial charge in [0.05, 0.1) is 6.10 Å². The van der Waals surface area contributed by atoms with E-state index >= 15 is 0 Å². The third-order valence-electron chi connectivity index (χ3n) is 3.69. The number of nitrogens with zero attached hydrogens (tertiary/aromatic N) is 1. The summed E-state index contributed by atoms with van der Waals surface area (Å²) in [4.78, 5) is 28.5. The normalized spacial score (nSPS) is 17.5. The molecule has 1 amide bonds. The molecule has 2 aromatic heterocycles. The lowest BCUT2D eigenvalue weighted by Gasteiger charge is -2.25. The van der Waals surface area contributed by atoms with Crippen LogP contribution in [-0.4, -0.2) is 35.0 Å². The molecule has 0 aromatic carbocycles. The number of carbonyl (C=O) groups excluding carboxylic acids is 1. The summed E-state index contributed by atoms with van der Waals surface area (Å²) in [6.07, 6.45) is 2.09.